The first-order chi connectivity index (χ1) is 20.0. The molecule has 0 heterocycles. The zero-order chi connectivity index (χ0) is 31.3. The van der Waals surface area contributed by atoms with E-state index in [9.17, 15) is 9.90 Å². The summed E-state index contributed by atoms with van der Waals surface area (Å²) in [7, 11) is 0. The molecule has 5 saturated carbocycles. The Morgan fingerprint density at radius 1 is 0.907 bits per heavy atom. The molecule has 1 aromatic carbocycles. The minimum atomic E-state index is -0.570. The highest BCUT2D eigenvalue weighted by Gasteiger charge is 2.71. The Kier molecular flexibility index (Phi) is 7.67. The molecule has 9 atom stereocenters. The zero-order valence-electron chi connectivity index (χ0n) is 26.8. The van der Waals surface area contributed by atoms with Crippen LogP contribution in [0.1, 0.15) is 106 Å². The molecule has 0 aromatic heterocycles. The monoisotopic (exact) mass is 646 g/mol. The largest absolute Gasteiger partial charge is 0.481 e. The molecule has 43 heavy (non-hydrogen) atoms. The molecular formula is C36H49Cl3N2O2. The summed E-state index contributed by atoms with van der Waals surface area (Å²) in [6.45, 7) is 19.0. The summed E-state index contributed by atoms with van der Waals surface area (Å²) in [4.78, 5) is 12.9. The average molecular weight is 648 g/mol. The van der Waals surface area contributed by atoms with E-state index in [-0.39, 0.29) is 27.6 Å². The fourth-order valence-electron chi connectivity index (χ4n) is 12.3. The van der Waals surface area contributed by atoms with E-state index in [1.165, 1.54) is 30.5 Å². The molecule has 0 unspecified atom stereocenters. The minimum absolute atomic E-state index is 0.0774. The number of nitrogens with zero attached hydrogens (tertiary/aromatic N) is 1. The van der Waals surface area contributed by atoms with Crippen molar-refractivity contribution >= 4 is 52.2 Å². The molecular weight excluding hydrogens is 599 g/mol. The van der Waals surface area contributed by atoms with E-state index < -0.39 is 11.4 Å². The van der Waals surface area contributed by atoms with Crippen molar-refractivity contribution in [3.63, 3.8) is 0 Å². The van der Waals surface area contributed by atoms with Crippen molar-refractivity contribution in [3.05, 3.63) is 39.4 Å². The molecule has 0 aliphatic heterocycles. The summed E-state index contributed by atoms with van der Waals surface area (Å²) >= 11 is 19.1. The first kappa shape index (κ1) is 31.7. The number of carbonyl (C=O) groups is 1. The van der Waals surface area contributed by atoms with E-state index >= 15 is 0 Å². The number of allylic oxidation sites excluding steroid dienone is 1. The van der Waals surface area contributed by atoms with Crippen LogP contribution in [0.5, 0.6) is 0 Å². The molecule has 5 fully saturated rings. The van der Waals surface area contributed by atoms with Crippen LogP contribution >= 0.6 is 34.8 Å². The second kappa shape index (κ2) is 10.4. The highest BCUT2D eigenvalue weighted by molar-refractivity contribution is 6.41. The van der Waals surface area contributed by atoms with Crippen molar-refractivity contribution in [2.75, 3.05) is 5.43 Å². The third-order valence-electron chi connectivity index (χ3n) is 14.6. The standard InChI is InChI=1S/C36H49Cl3N2O2/c1-20(2)22-10-15-36(31(42)43)17-16-34(6)23(29(22)36)8-9-27-33(5)13-12-28(32(3,4)26(33)11-14-35(27,34)7)40-41-30-24(38)18-21(37)19-25(30)39/h18-19,22-23,26-27,29,41H,1,8-17H2,2-7H3,(H,42,43)/b40-28+/t22-,23+,26-,27+,29+,33-,34+,35+,36-/m0/s1. The Morgan fingerprint density at radius 2 is 1.58 bits per heavy atom. The van der Waals surface area contributed by atoms with Gasteiger partial charge in [0.15, 0.2) is 0 Å². The second-order valence-corrected chi connectivity index (χ2v) is 17.5. The summed E-state index contributed by atoms with van der Waals surface area (Å²) in [6, 6.07) is 3.38. The van der Waals surface area contributed by atoms with Gasteiger partial charge in [0.05, 0.1) is 21.1 Å². The lowest BCUT2D eigenvalue weighted by atomic mass is 9.32. The molecule has 5 aliphatic carbocycles. The number of hydrogen-bond acceptors (Lipinski definition) is 3. The fourth-order valence-corrected chi connectivity index (χ4v) is 13.2. The quantitative estimate of drug-likeness (QED) is 0.252. The van der Waals surface area contributed by atoms with Gasteiger partial charge in [-0.2, -0.15) is 5.10 Å². The Morgan fingerprint density at radius 3 is 2.21 bits per heavy atom. The van der Waals surface area contributed by atoms with Gasteiger partial charge in [0, 0.05) is 16.1 Å². The lowest BCUT2D eigenvalue weighted by molar-refractivity contribution is -0.230. The lowest BCUT2D eigenvalue weighted by Gasteiger charge is -2.72. The van der Waals surface area contributed by atoms with Gasteiger partial charge in [0.1, 0.15) is 0 Å². The van der Waals surface area contributed by atoms with Crippen molar-refractivity contribution in [1.82, 2.24) is 0 Å². The Bertz CT molecular complexity index is 1370. The molecule has 0 spiro atoms. The highest BCUT2D eigenvalue weighted by Crippen LogP contribution is 2.77. The van der Waals surface area contributed by atoms with E-state index in [4.69, 9.17) is 39.9 Å². The summed E-state index contributed by atoms with van der Waals surface area (Å²) in [5, 5.41) is 17.0. The predicted octanol–water partition coefficient (Wildman–Crippen LogP) is 11.2. The van der Waals surface area contributed by atoms with Gasteiger partial charge in [-0.25, -0.2) is 0 Å². The molecule has 236 valence electrons. The zero-order valence-corrected chi connectivity index (χ0v) is 29.0. The molecule has 0 radical (unpaired) electrons. The molecule has 6 rings (SSSR count). The number of fused-ring (bicyclic) bond motifs is 7. The van der Waals surface area contributed by atoms with Crippen molar-refractivity contribution in [2.24, 2.45) is 61.8 Å². The minimum Gasteiger partial charge on any atom is -0.481 e. The first-order valence-corrected chi connectivity index (χ1v) is 17.5. The topological polar surface area (TPSA) is 61.7 Å². The number of rotatable bonds is 4. The maximum Gasteiger partial charge on any atom is 0.309 e. The molecule has 0 amide bonds. The summed E-state index contributed by atoms with van der Waals surface area (Å²) in [5.74, 6) is 1.55. The Balaban J connectivity index is 1.31. The van der Waals surface area contributed by atoms with Gasteiger partial charge >= 0.3 is 5.97 Å². The van der Waals surface area contributed by atoms with Gasteiger partial charge in [-0.05, 0) is 129 Å². The van der Waals surface area contributed by atoms with Crippen molar-refractivity contribution in [2.45, 2.75) is 106 Å². The number of nitrogens with one attached hydrogen (secondary N) is 1. The maximum atomic E-state index is 12.9. The molecule has 1 aromatic rings. The van der Waals surface area contributed by atoms with Crippen LogP contribution in [0.3, 0.4) is 0 Å². The molecule has 5 aliphatic rings. The maximum absolute atomic E-state index is 12.9. The van der Waals surface area contributed by atoms with Crippen LogP contribution in [0.2, 0.25) is 15.1 Å². The molecule has 2 N–H and O–H groups in total. The number of hydrogen-bond donors (Lipinski definition) is 2. The number of carboxylic acids is 1. The van der Waals surface area contributed by atoms with Crippen LogP contribution < -0.4 is 5.43 Å². The number of anilines is 1. The Hall–Kier alpha value is -1.23. The van der Waals surface area contributed by atoms with Crippen LogP contribution in [0.15, 0.2) is 29.4 Å². The summed E-state index contributed by atoms with van der Waals surface area (Å²) < 4.78 is 0. The number of hydrazone groups is 1. The van der Waals surface area contributed by atoms with E-state index in [1.54, 1.807) is 12.1 Å². The predicted molar refractivity (Wildman–Crippen MR) is 179 cm³/mol. The third-order valence-corrected chi connectivity index (χ3v) is 15.4. The van der Waals surface area contributed by atoms with Crippen LogP contribution in [-0.2, 0) is 4.79 Å². The number of halogens is 3. The molecule has 4 nitrogen and oxygen atoms in total. The fraction of sp³-hybridized carbons (Fsp3) is 0.722. The number of aliphatic carboxylic acids is 1. The van der Waals surface area contributed by atoms with Crippen molar-refractivity contribution in [3.8, 4) is 0 Å². The number of carboxylic acid groups (broad SMARTS) is 1. The van der Waals surface area contributed by atoms with E-state index in [0.717, 1.165) is 44.9 Å². The Labute approximate surface area is 273 Å². The van der Waals surface area contributed by atoms with Crippen LogP contribution in [0, 0.1) is 56.7 Å². The van der Waals surface area contributed by atoms with Crippen molar-refractivity contribution in [1.29, 1.82) is 0 Å². The van der Waals surface area contributed by atoms with Gasteiger partial charge in [-0.15, -0.1) is 0 Å². The molecule has 0 bridgehead atoms. The normalized spacial score (nSPS) is 44.1. The van der Waals surface area contributed by atoms with Crippen LogP contribution in [0.4, 0.5) is 5.69 Å². The molecule has 0 saturated heterocycles. The number of benzene rings is 1. The average Bonchev–Trinajstić information content (AvgIpc) is 3.31. The SMILES string of the molecule is C=C(C)[C@@H]1CC[C@]2(C(=O)O)CC[C@]3(C)[C@H](CC[C@@H]4[C@@]5(C)CC/C(=N\Nc6c(Cl)cc(Cl)cc6Cl)C(C)(C)[C@@H]5CC[C@]43C)[C@@H]12. The van der Waals surface area contributed by atoms with Crippen LogP contribution in [0.25, 0.3) is 0 Å². The first-order valence-electron chi connectivity index (χ1n) is 16.4. The van der Waals surface area contributed by atoms with Gasteiger partial charge in [-0.1, -0.05) is 81.6 Å². The van der Waals surface area contributed by atoms with E-state index in [2.05, 4.69) is 53.5 Å². The van der Waals surface area contributed by atoms with Gasteiger partial charge in [0.2, 0.25) is 0 Å². The van der Waals surface area contributed by atoms with Crippen molar-refractivity contribution < 1.29 is 9.90 Å². The third kappa shape index (κ3) is 4.34. The van der Waals surface area contributed by atoms with E-state index in [1.807, 2.05) is 0 Å². The van der Waals surface area contributed by atoms with Gasteiger partial charge < -0.3 is 5.11 Å². The lowest BCUT2D eigenvalue weighted by Crippen LogP contribution is -2.66. The van der Waals surface area contributed by atoms with E-state index in [0.29, 0.717) is 44.4 Å². The summed E-state index contributed by atoms with van der Waals surface area (Å²) in [6.07, 6.45) is 10.4. The highest BCUT2D eigenvalue weighted by atomic mass is 35.5. The van der Waals surface area contributed by atoms with Gasteiger partial charge in [-0.3, -0.25) is 10.2 Å². The summed E-state index contributed by atoms with van der Waals surface area (Å²) in [5.41, 5.74) is 6.04. The second-order valence-electron chi connectivity index (χ2n) is 16.3. The smallest absolute Gasteiger partial charge is 0.309 e. The van der Waals surface area contributed by atoms with Crippen LogP contribution in [-0.4, -0.2) is 16.8 Å². The van der Waals surface area contributed by atoms with Gasteiger partial charge in [0.25, 0.3) is 0 Å². The molecule has 7 heteroatoms.